The topological polar surface area (TPSA) is 132 Å². The third-order valence-electron chi connectivity index (χ3n) is 6.42. The van der Waals surface area contributed by atoms with Crippen LogP contribution in [0.5, 0.6) is 0 Å². The molecule has 2 aromatic carbocycles. The predicted octanol–water partition coefficient (Wildman–Crippen LogP) is 7.88. The van der Waals surface area contributed by atoms with E-state index in [-0.39, 0.29) is 22.2 Å². The maximum absolute atomic E-state index is 12.7. The van der Waals surface area contributed by atoms with Gasteiger partial charge in [-0.3, -0.25) is 25.0 Å². The van der Waals surface area contributed by atoms with E-state index in [4.69, 9.17) is 0 Å². The summed E-state index contributed by atoms with van der Waals surface area (Å²) >= 11 is 0. The average Bonchev–Trinajstić information content (AvgIpc) is 2.83. The number of unbranched alkanes of at least 4 members (excludes halogenated alkanes) is 13. The van der Waals surface area contributed by atoms with Gasteiger partial charge in [0.25, 0.3) is 5.69 Å². The summed E-state index contributed by atoms with van der Waals surface area (Å²) < 4.78 is 27.7. The Morgan fingerprint density at radius 3 is 1.61 bits per heavy atom. The van der Waals surface area contributed by atoms with E-state index in [1.807, 2.05) is 0 Å². The Labute approximate surface area is 214 Å². The Morgan fingerprint density at radius 1 is 0.694 bits per heavy atom. The monoisotopic (exact) mass is 521 g/mol. The number of nitro groups is 2. The second-order valence-corrected chi connectivity index (χ2v) is 11.2. The maximum atomic E-state index is 12.7. The molecule has 0 aliphatic rings. The molecule has 1 N–H and O–H groups in total. The minimum absolute atomic E-state index is 0.128. The molecule has 2 rings (SSSR count). The molecule has 0 saturated heterocycles. The van der Waals surface area contributed by atoms with Gasteiger partial charge in [0.1, 0.15) is 5.69 Å². The lowest BCUT2D eigenvalue weighted by atomic mass is 10.0. The molecule has 9 nitrogen and oxygen atoms in total. The van der Waals surface area contributed by atoms with Gasteiger partial charge in [-0.1, -0.05) is 109 Å². The number of nitrogens with one attached hydrogen (secondary N) is 1. The fraction of sp³-hybridized carbons (Fsp3) is 0.615. The molecule has 0 atom stereocenters. The summed E-state index contributed by atoms with van der Waals surface area (Å²) in [7, 11) is -3.86. The number of rotatable bonds is 19. The van der Waals surface area contributed by atoms with Crippen LogP contribution in [0.1, 0.15) is 96.8 Å². The fourth-order valence-electron chi connectivity index (χ4n) is 4.44. The molecule has 2 aromatic rings. The molecule has 0 saturated carbocycles. The number of benzene rings is 2. The number of nitro benzene ring substituents is 2. The minimum atomic E-state index is -3.86. The first-order valence-corrected chi connectivity index (χ1v) is 14.8. The Bertz CT molecular complexity index is 1100. The second kappa shape index (κ2) is 15.4. The predicted molar refractivity (Wildman–Crippen MR) is 145 cm³/mol. The third kappa shape index (κ3) is 9.72. The first-order valence-electron chi connectivity index (χ1n) is 13.1. The van der Waals surface area contributed by atoms with Gasteiger partial charge in [0.05, 0.1) is 27.1 Å². The number of hydrogen-bond donors (Lipinski definition) is 1. The Balaban J connectivity index is 1.79. The van der Waals surface area contributed by atoms with Crippen LogP contribution in [0.3, 0.4) is 0 Å². The van der Waals surface area contributed by atoms with Crippen molar-refractivity contribution >= 4 is 37.9 Å². The number of anilines is 1. The van der Waals surface area contributed by atoms with Gasteiger partial charge in [0, 0.05) is 5.39 Å². The molecular formula is C26H39N3O6S. The van der Waals surface area contributed by atoms with Crippen LogP contribution in [-0.4, -0.2) is 24.0 Å². The molecule has 10 heteroatoms. The summed E-state index contributed by atoms with van der Waals surface area (Å²) in [4.78, 5) is 21.5. The van der Waals surface area contributed by atoms with Crippen molar-refractivity contribution in [3.8, 4) is 0 Å². The smallest absolute Gasteiger partial charge is 0.276 e. The van der Waals surface area contributed by atoms with Gasteiger partial charge >= 0.3 is 5.69 Å². The van der Waals surface area contributed by atoms with Crippen LogP contribution in [-0.2, 0) is 10.0 Å². The number of non-ortho nitro benzene ring substituents is 1. The molecule has 0 bridgehead atoms. The summed E-state index contributed by atoms with van der Waals surface area (Å²) in [6.45, 7) is 2.23. The number of nitrogens with zero attached hydrogens (tertiary/aromatic N) is 2. The molecule has 0 aliphatic heterocycles. The molecule has 0 amide bonds. The van der Waals surface area contributed by atoms with Crippen molar-refractivity contribution in [2.75, 3.05) is 10.5 Å². The molecule has 200 valence electrons. The molecule has 0 aliphatic carbocycles. The van der Waals surface area contributed by atoms with Crippen LogP contribution in [0.2, 0.25) is 0 Å². The normalized spacial score (nSPS) is 11.6. The van der Waals surface area contributed by atoms with Crippen molar-refractivity contribution in [2.24, 2.45) is 0 Å². The molecule has 0 fully saturated rings. The van der Waals surface area contributed by atoms with Gasteiger partial charge in [-0.15, -0.1) is 0 Å². The summed E-state index contributed by atoms with van der Waals surface area (Å²) in [5.74, 6) is -0.159. The first-order chi connectivity index (χ1) is 17.3. The van der Waals surface area contributed by atoms with Crippen molar-refractivity contribution < 1.29 is 18.3 Å². The van der Waals surface area contributed by atoms with E-state index >= 15 is 0 Å². The zero-order chi connectivity index (χ0) is 26.4. The van der Waals surface area contributed by atoms with Crippen molar-refractivity contribution in [3.63, 3.8) is 0 Å². The highest BCUT2D eigenvalue weighted by Gasteiger charge is 2.27. The fourth-order valence-corrected chi connectivity index (χ4v) is 5.65. The molecule has 0 aromatic heterocycles. The van der Waals surface area contributed by atoms with Crippen molar-refractivity contribution in [1.29, 1.82) is 0 Å². The lowest BCUT2D eigenvalue weighted by Gasteiger charge is -2.12. The standard InChI is InChI=1S/C26H39N3O6S/c1-2-3-4-5-6-7-8-9-10-11-12-13-14-17-20-36(34,35)27-26-23-19-16-15-18-22(23)24(28(30)31)21-25(26)29(32)33/h15-16,18-19,21,27H,2-14,17,20H2,1H3. The Morgan fingerprint density at radius 2 is 1.14 bits per heavy atom. The van der Waals surface area contributed by atoms with Crippen molar-refractivity contribution in [2.45, 2.75) is 96.8 Å². The number of fused-ring (bicyclic) bond motifs is 1. The number of hydrogen-bond acceptors (Lipinski definition) is 6. The van der Waals surface area contributed by atoms with Crippen LogP contribution in [0.15, 0.2) is 30.3 Å². The van der Waals surface area contributed by atoms with E-state index in [1.54, 1.807) is 12.1 Å². The van der Waals surface area contributed by atoms with Crippen LogP contribution >= 0.6 is 0 Å². The highest BCUT2D eigenvalue weighted by atomic mass is 32.2. The van der Waals surface area contributed by atoms with E-state index in [0.29, 0.717) is 6.42 Å². The van der Waals surface area contributed by atoms with Crippen LogP contribution in [0, 0.1) is 20.2 Å². The van der Waals surface area contributed by atoms with Gasteiger partial charge < -0.3 is 0 Å². The number of sulfonamides is 1. The quantitative estimate of drug-likeness (QED) is 0.114. The lowest BCUT2D eigenvalue weighted by molar-refractivity contribution is -0.392. The minimum Gasteiger partial charge on any atom is -0.276 e. The van der Waals surface area contributed by atoms with E-state index in [2.05, 4.69) is 11.6 Å². The molecule has 0 heterocycles. The third-order valence-corrected chi connectivity index (χ3v) is 7.76. The largest absolute Gasteiger partial charge is 0.300 e. The maximum Gasteiger partial charge on any atom is 0.300 e. The first kappa shape index (κ1) is 29.5. The van der Waals surface area contributed by atoms with Crippen molar-refractivity contribution in [1.82, 2.24) is 0 Å². The zero-order valence-corrected chi connectivity index (χ0v) is 22.1. The van der Waals surface area contributed by atoms with Gasteiger partial charge in [-0.05, 0) is 12.5 Å². The molecular weight excluding hydrogens is 482 g/mol. The lowest BCUT2D eigenvalue weighted by Crippen LogP contribution is -2.18. The van der Waals surface area contributed by atoms with Gasteiger partial charge in [-0.2, -0.15) is 0 Å². The molecule has 0 spiro atoms. The summed E-state index contributed by atoms with van der Waals surface area (Å²) in [5, 5.41) is 23.2. The van der Waals surface area contributed by atoms with E-state index in [9.17, 15) is 28.6 Å². The summed E-state index contributed by atoms with van der Waals surface area (Å²) in [6.07, 6.45) is 16.1. The highest BCUT2D eigenvalue weighted by Crippen LogP contribution is 2.39. The van der Waals surface area contributed by atoms with E-state index < -0.39 is 31.2 Å². The highest BCUT2D eigenvalue weighted by molar-refractivity contribution is 7.92. The van der Waals surface area contributed by atoms with Crippen LogP contribution in [0.25, 0.3) is 10.8 Å². The van der Waals surface area contributed by atoms with Crippen LogP contribution in [0.4, 0.5) is 17.1 Å². The Kier molecular flexibility index (Phi) is 12.6. The zero-order valence-electron chi connectivity index (χ0n) is 21.2. The van der Waals surface area contributed by atoms with Gasteiger partial charge in [0.2, 0.25) is 10.0 Å². The van der Waals surface area contributed by atoms with Gasteiger partial charge in [-0.25, -0.2) is 8.42 Å². The van der Waals surface area contributed by atoms with Gasteiger partial charge in [0.15, 0.2) is 0 Å². The van der Waals surface area contributed by atoms with E-state index in [0.717, 1.165) is 31.7 Å². The molecule has 0 radical (unpaired) electrons. The molecule has 36 heavy (non-hydrogen) atoms. The SMILES string of the molecule is CCCCCCCCCCCCCCCCS(=O)(=O)Nc1c([N+](=O)[O-])cc([N+](=O)[O-])c2ccccc12. The van der Waals surface area contributed by atoms with Crippen molar-refractivity contribution in [3.05, 3.63) is 50.6 Å². The summed E-state index contributed by atoms with van der Waals surface area (Å²) in [6, 6.07) is 6.82. The average molecular weight is 522 g/mol. The van der Waals surface area contributed by atoms with E-state index in [1.165, 1.54) is 69.9 Å². The summed E-state index contributed by atoms with van der Waals surface area (Å²) in [5.41, 5.74) is -1.30. The molecule has 0 unspecified atom stereocenters. The van der Waals surface area contributed by atoms with Crippen LogP contribution < -0.4 is 4.72 Å². The Hall–Kier alpha value is -2.75. The second-order valence-electron chi connectivity index (χ2n) is 9.37.